The van der Waals surface area contributed by atoms with Gasteiger partial charge in [-0.3, -0.25) is 4.79 Å². The molecule has 1 aromatic rings. The van der Waals surface area contributed by atoms with Crippen molar-refractivity contribution in [1.29, 1.82) is 0 Å². The number of hydrogen-bond acceptors (Lipinski definition) is 4. The van der Waals surface area contributed by atoms with Crippen LogP contribution in [0.5, 0.6) is 0 Å². The fraction of sp³-hybridized carbons (Fsp3) is 0.500. The summed E-state index contributed by atoms with van der Waals surface area (Å²) >= 11 is 0. The van der Waals surface area contributed by atoms with Gasteiger partial charge in [0.05, 0.1) is 10.5 Å². The Bertz CT molecular complexity index is 649. The van der Waals surface area contributed by atoms with Crippen LogP contribution in [0.4, 0.5) is 0 Å². The number of nitrogens with zero attached hydrogens (tertiary/aromatic N) is 1. The summed E-state index contributed by atoms with van der Waals surface area (Å²) in [5, 5.41) is 9.92. The Labute approximate surface area is 119 Å². The first kappa shape index (κ1) is 15.0. The van der Waals surface area contributed by atoms with Gasteiger partial charge in [-0.05, 0) is 38.0 Å². The lowest BCUT2D eigenvalue weighted by Gasteiger charge is -2.20. The number of aliphatic hydroxyl groups is 1. The zero-order valence-corrected chi connectivity index (χ0v) is 12.7. The van der Waals surface area contributed by atoms with E-state index in [9.17, 15) is 18.3 Å². The summed E-state index contributed by atoms with van der Waals surface area (Å²) < 4.78 is 23.2. The molecule has 5 nitrogen and oxygen atoms in total. The molecule has 6 heteroatoms. The van der Waals surface area contributed by atoms with Crippen LogP contribution in [0.1, 0.15) is 29.3 Å². The zero-order chi connectivity index (χ0) is 15.1. The van der Waals surface area contributed by atoms with Gasteiger partial charge in [0.15, 0.2) is 9.84 Å². The molecule has 1 N–H and O–H groups in total. The van der Waals surface area contributed by atoms with E-state index in [0.29, 0.717) is 18.5 Å². The van der Waals surface area contributed by atoms with Crippen LogP contribution in [0, 0.1) is 6.92 Å². The molecular weight excluding hydrogens is 278 g/mol. The van der Waals surface area contributed by atoms with Crippen molar-refractivity contribution in [2.24, 2.45) is 0 Å². The van der Waals surface area contributed by atoms with Gasteiger partial charge < -0.3 is 10.0 Å². The Morgan fingerprint density at radius 2 is 2.05 bits per heavy atom. The Morgan fingerprint density at radius 3 is 2.55 bits per heavy atom. The molecule has 0 spiro atoms. The standard InChI is InChI=1S/C14H19NO4S/c1-10-4-5-11(20(3,18)19)8-12(10)13(16)15-7-6-14(2,17)9-15/h4-5,8,17H,6-7,9H2,1-3H3. The van der Waals surface area contributed by atoms with Crippen LogP contribution < -0.4 is 0 Å². The Morgan fingerprint density at radius 1 is 1.40 bits per heavy atom. The number of likely N-dealkylation sites (tertiary alicyclic amines) is 1. The zero-order valence-electron chi connectivity index (χ0n) is 11.9. The molecule has 0 radical (unpaired) electrons. The maximum atomic E-state index is 12.5. The molecule has 0 aliphatic carbocycles. The Kier molecular flexibility index (Phi) is 3.64. The largest absolute Gasteiger partial charge is 0.388 e. The van der Waals surface area contributed by atoms with Crippen LogP contribution in [0.15, 0.2) is 23.1 Å². The number of hydrogen-bond donors (Lipinski definition) is 1. The van der Waals surface area contributed by atoms with E-state index in [0.717, 1.165) is 11.8 Å². The minimum Gasteiger partial charge on any atom is -0.388 e. The smallest absolute Gasteiger partial charge is 0.254 e. The van der Waals surface area contributed by atoms with Crippen LogP contribution in [0.3, 0.4) is 0 Å². The Balaban J connectivity index is 2.35. The molecular formula is C14H19NO4S. The highest BCUT2D eigenvalue weighted by Gasteiger charge is 2.34. The summed E-state index contributed by atoms with van der Waals surface area (Å²) in [5.74, 6) is -0.231. The van der Waals surface area contributed by atoms with Gasteiger partial charge in [0.1, 0.15) is 0 Å². The summed E-state index contributed by atoms with van der Waals surface area (Å²) in [4.78, 5) is 14.2. The van der Waals surface area contributed by atoms with Gasteiger partial charge in [-0.25, -0.2) is 8.42 Å². The maximum absolute atomic E-state index is 12.5. The fourth-order valence-electron chi connectivity index (χ4n) is 2.35. The minimum absolute atomic E-state index is 0.136. The van der Waals surface area contributed by atoms with Crippen molar-refractivity contribution in [3.05, 3.63) is 29.3 Å². The third kappa shape index (κ3) is 3.02. The van der Waals surface area contributed by atoms with Crippen LogP contribution in [-0.2, 0) is 9.84 Å². The molecule has 2 rings (SSSR count). The first-order valence-corrected chi connectivity index (χ1v) is 8.32. The van der Waals surface area contributed by atoms with Crippen molar-refractivity contribution in [2.75, 3.05) is 19.3 Å². The van der Waals surface area contributed by atoms with Crippen molar-refractivity contribution in [1.82, 2.24) is 4.90 Å². The summed E-state index contributed by atoms with van der Waals surface area (Å²) in [6.45, 7) is 4.22. The van der Waals surface area contributed by atoms with Gasteiger partial charge in [-0.15, -0.1) is 0 Å². The first-order chi connectivity index (χ1) is 9.10. The van der Waals surface area contributed by atoms with Crippen molar-refractivity contribution in [3.63, 3.8) is 0 Å². The molecule has 1 fully saturated rings. The minimum atomic E-state index is -3.34. The number of amides is 1. The number of aryl methyl sites for hydroxylation is 1. The molecule has 1 heterocycles. The number of rotatable bonds is 2. The topological polar surface area (TPSA) is 74.7 Å². The summed E-state index contributed by atoms with van der Waals surface area (Å²) in [5.41, 5.74) is 0.248. The van der Waals surface area contributed by atoms with Gasteiger partial charge in [0.2, 0.25) is 0 Å². The predicted molar refractivity (Wildman–Crippen MR) is 75.4 cm³/mol. The van der Waals surface area contributed by atoms with Crippen LogP contribution >= 0.6 is 0 Å². The van der Waals surface area contributed by atoms with Gasteiger partial charge in [0, 0.05) is 24.9 Å². The lowest BCUT2D eigenvalue weighted by atomic mass is 10.1. The van der Waals surface area contributed by atoms with Crippen molar-refractivity contribution < 1.29 is 18.3 Å². The molecule has 1 unspecified atom stereocenters. The summed E-state index contributed by atoms with van der Waals surface area (Å²) in [6.07, 6.45) is 1.65. The normalized spacial score (nSPS) is 23.1. The molecule has 1 saturated heterocycles. The molecule has 1 aliphatic heterocycles. The fourth-order valence-corrected chi connectivity index (χ4v) is 3.00. The van der Waals surface area contributed by atoms with E-state index < -0.39 is 15.4 Å². The van der Waals surface area contributed by atoms with Crippen LogP contribution in [0.25, 0.3) is 0 Å². The molecule has 20 heavy (non-hydrogen) atoms. The van der Waals surface area contributed by atoms with Gasteiger partial charge in [-0.1, -0.05) is 6.07 Å². The number of benzene rings is 1. The Hall–Kier alpha value is -1.40. The average Bonchev–Trinajstić information content (AvgIpc) is 2.68. The second-order valence-corrected chi connectivity index (χ2v) is 7.74. The third-order valence-corrected chi connectivity index (χ3v) is 4.72. The molecule has 1 atom stereocenters. The second kappa shape index (κ2) is 4.86. The van der Waals surface area contributed by atoms with Crippen molar-refractivity contribution >= 4 is 15.7 Å². The summed E-state index contributed by atoms with van der Waals surface area (Å²) in [6, 6.07) is 4.56. The van der Waals surface area contributed by atoms with E-state index in [4.69, 9.17) is 0 Å². The highest BCUT2D eigenvalue weighted by atomic mass is 32.2. The quantitative estimate of drug-likeness (QED) is 0.883. The molecule has 110 valence electrons. The van der Waals surface area contributed by atoms with E-state index in [1.54, 1.807) is 24.8 Å². The SMILES string of the molecule is Cc1ccc(S(C)(=O)=O)cc1C(=O)N1CCC(C)(O)C1. The maximum Gasteiger partial charge on any atom is 0.254 e. The highest BCUT2D eigenvalue weighted by Crippen LogP contribution is 2.24. The summed E-state index contributed by atoms with van der Waals surface area (Å²) in [7, 11) is -3.34. The van der Waals surface area contributed by atoms with Crippen LogP contribution in [0.2, 0.25) is 0 Å². The molecule has 0 aromatic heterocycles. The van der Waals surface area contributed by atoms with E-state index in [1.165, 1.54) is 12.1 Å². The van der Waals surface area contributed by atoms with E-state index >= 15 is 0 Å². The molecule has 0 bridgehead atoms. The van der Waals surface area contributed by atoms with E-state index in [2.05, 4.69) is 0 Å². The average molecular weight is 297 g/mol. The molecule has 1 aliphatic rings. The number of carbonyl (C=O) groups excluding carboxylic acids is 1. The number of sulfone groups is 1. The van der Waals surface area contributed by atoms with Gasteiger partial charge in [0.25, 0.3) is 5.91 Å². The first-order valence-electron chi connectivity index (χ1n) is 6.42. The van der Waals surface area contributed by atoms with E-state index in [-0.39, 0.29) is 17.3 Å². The number of β-amino-alcohol motifs (C(OH)–C–C–N with tert-alkyl or cyclic N) is 1. The third-order valence-electron chi connectivity index (χ3n) is 3.61. The monoisotopic (exact) mass is 297 g/mol. The van der Waals surface area contributed by atoms with Crippen molar-refractivity contribution in [3.8, 4) is 0 Å². The van der Waals surface area contributed by atoms with Gasteiger partial charge >= 0.3 is 0 Å². The lowest BCUT2D eigenvalue weighted by molar-refractivity contribution is 0.0571. The van der Waals surface area contributed by atoms with Crippen molar-refractivity contribution in [2.45, 2.75) is 30.8 Å². The van der Waals surface area contributed by atoms with Gasteiger partial charge in [-0.2, -0.15) is 0 Å². The molecule has 1 amide bonds. The molecule has 0 saturated carbocycles. The lowest BCUT2D eigenvalue weighted by Crippen LogP contribution is -2.34. The number of carbonyl (C=O) groups is 1. The second-order valence-electron chi connectivity index (χ2n) is 5.72. The van der Waals surface area contributed by atoms with Crippen LogP contribution in [-0.4, -0.2) is 49.3 Å². The predicted octanol–water partition coefficient (Wildman–Crippen LogP) is 0.995. The van der Waals surface area contributed by atoms with E-state index in [1.807, 2.05) is 0 Å². The highest BCUT2D eigenvalue weighted by molar-refractivity contribution is 7.90. The molecule has 1 aromatic carbocycles.